The molecule has 0 fully saturated rings. The van der Waals surface area contributed by atoms with Gasteiger partial charge in [-0.05, 0) is 24.6 Å². The van der Waals surface area contributed by atoms with E-state index in [1.165, 1.54) is 16.8 Å². The molecule has 0 amide bonds. The van der Waals surface area contributed by atoms with E-state index in [9.17, 15) is 9.18 Å². The molecule has 0 N–H and O–H groups in total. The first-order chi connectivity index (χ1) is 8.50. The average molecular weight is 247 g/mol. The molecule has 0 spiro atoms. The van der Waals surface area contributed by atoms with Crippen molar-refractivity contribution in [2.75, 3.05) is 0 Å². The van der Waals surface area contributed by atoms with Gasteiger partial charge in [0.05, 0.1) is 5.69 Å². The first kappa shape index (κ1) is 12.3. The lowest BCUT2D eigenvalue weighted by Gasteiger charge is -1.99. The molecule has 5 heteroatoms. The SMILES string of the molecule is Cc1c(N=Cc2ccc(F)cc2)c(=O)n(C)n1C. The van der Waals surface area contributed by atoms with Gasteiger partial charge in [0.1, 0.15) is 5.82 Å². The van der Waals surface area contributed by atoms with E-state index in [0.717, 1.165) is 11.3 Å². The molecule has 0 saturated carbocycles. The van der Waals surface area contributed by atoms with Crippen molar-refractivity contribution in [1.29, 1.82) is 0 Å². The lowest BCUT2D eigenvalue weighted by molar-refractivity contribution is 0.567. The Labute approximate surface area is 104 Å². The fraction of sp³-hybridized carbons (Fsp3) is 0.231. The highest BCUT2D eigenvalue weighted by Gasteiger charge is 2.10. The van der Waals surface area contributed by atoms with Crippen molar-refractivity contribution >= 4 is 11.9 Å². The predicted molar refractivity (Wildman–Crippen MR) is 69.0 cm³/mol. The Morgan fingerprint density at radius 1 is 1.17 bits per heavy atom. The van der Waals surface area contributed by atoms with Gasteiger partial charge < -0.3 is 0 Å². The van der Waals surface area contributed by atoms with Gasteiger partial charge in [0.25, 0.3) is 5.56 Å². The highest BCUT2D eigenvalue weighted by molar-refractivity contribution is 5.81. The molecular formula is C13H14FN3O. The quantitative estimate of drug-likeness (QED) is 0.747. The summed E-state index contributed by atoms with van der Waals surface area (Å²) < 4.78 is 16.0. The number of aromatic nitrogens is 2. The zero-order chi connectivity index (χ0) is 13.3. The number of hydrogen-bond donors (Lipinski definition) is 0. The molecule has 0 aliphatic rings. The number of benzene rings is 1. The Hall–Kier alpha value is -2.17. The normalized spacial score (nSPS) is 11.3. The maximum absolute atomic E-state index is 12.7. The van der Waals surface area contributed by atoms with Gasteiger partial charge in [-0.1, -0.05) is 12.1 Å². The molecule has 2 rings (SSSR count). The lowest BCUT2D eigenvalue weighted by Crippen LogP contribution is -2.16. The summed E-state index contributed by atoms with van der Waals surface area (Å²) in [4.78, 5) is 16.0. The molecule has 18 heavy (non-hydrogen) atoms. The topological polar surface area (TPSA) is 39.3 Å². The van der Waals surface area contributed by atoms with Gasteiger partial charge in [-0.15, -0.1) is 0 Å². The number of hydrogen-bond acceptors (Lipinski definition) is 2. The second-order valence-corrected chi connectivity index (χ2v) is 4.10. The summed E-state index contributed by atoms with van der Waals surface area (Å²) in [5.41, 5.74) is 1.81. The Kier molecular flexibility index (Phi) is 3.14. The Bertz CT molecular complexity index is 650. The molecule has 1 aromatic carbocycles. The Balaban J connectivity index is 2.38. The third-order valence-electron chi connectivity index (χ3n) is 2.99. The average Bonchev–Trinajstić information content (AvgIpc) is 2.54. The van der Waals surface area contributed by atoms with Crippen molar-refractivity contribution in [2.24, 2.45) is 19.1 Å². The molecule has 0 bridgehead atoms. The van der Waals surface area contributed by atoms with Crippen molar-refractivity contribution in [3.05, 3.63) is 51.7 Å². The monoisotopic (exact) mass is 247 g/mol. The van der Waals surface area contributed by atoms with E-state index < -0.39 is 0 Å². The molecule has 0 aliphatic carbocycles. The van der Waals surface area contributed by atoms with E-state index in [-0.39, 0.29) is 11.4 Å². The van der Waals surface area contributed by atoms with Crippen LogP contribution in [0.25, 0.3) is 0 Å². The van der Waals surface area contributed by atoms with Crippen molar-refractivity contribution in [3.63, 3.8) is 0 Å². The molecule has 4 nitrogen and oxygen atoms in total. The van der Waals surface area contributed by atoms with Crippen LogP contribution in [0.1, 0.15) is 11.3 Å². The summed E-state index contributed by atoms with van der Waals surface area (Å²) in [7, 11) is 3.49. The van der Waals surface area contributed by atoms with Gasteiger partial charge in [-0.3, -0.25) is 14.2 Å². The van der Waals surface area contributed by atoms with Crippen molar-refractivity contribution < 1.29 is 4.39 Å². The van der Waals surface area contributed by atoms with Crippen LogP contribution in [-0.4, -0.2) is 15.6 Å². The summed E-state index contributed by atoms with van der Waals surface area (Å²) in [5, 5.41) is 0. The molecule has 0 aliphatic heterocycles. The van der Waals surface area contributed by atoms with Gasteiger partial charge in [-0.2, -0.15) is 0 Å². The molecule has 0 radical (unpaired) electrons. The lowest BCUT2D eigenvalue weighted by atomic mass is 10.2. The molecular weight excluding hydrogens is 233 g/mol. The fourth-order valence-electron chi connectivity index (χ4n) is 1.66. The van der Waals surface area contributed by atoms with Crippen LogP contribution in [0, 0.1) is 12.7 Å². The number of nitrogens with zero attached hydrogens (tertiary/aromatic N) is 3. The van der Waals surface area contributed by atoms with E-state index in [1.54, 1.807) is 37.1 Å². The van der Waals surface area contributed by atoms with Gasteiger partial charge in [0, 0.05) is 20.3 Å². The molecule has 1 aromatic heterocycles. The number of halogens is 1. The summed E-state index contributed by atoms with van der Waals surface area (Å²) in [5.74, 6) is -0.293. The van der Waals surface area contributed by atoms with Crippen LogP contribution in [-0.2, 0) is 14.1 Å². The van der Waals surface area contributed by atoms with Crippen molar-refractivity contribution in [2.45, 2.75) is 6.92 Å². The first-order valence-electron chi connectivity index (χ1n) is 5.53. The Morgan fingerprint density at radius 3 is 2.28 bits per heavy atom. The maximum Gasteiger partial charge on any atom is 0.292 e. The zero-order valence-corrected chi connectivity index (χ0v) is 10.5. The number of aliphatic imine (C=N–C) groups is 1. The Morgan fingerprint density at radius 2 is 1.78 bits per heavy atom. The van der Waals surface area contributed by atoms with Crippen LogP contribution in [0.15, 0.2) is 34.1 Å². The molecule has 0 unspecified atom stereocenters. The van der Waals surface area contributed by atoms with Crippen molar-refractivity contribution in [3.8, 4) is 0 Å². The van der Waals surface area contributed by atoms with E-state index in [2.05, 4.69) is 4.99 Å². The van der Waals surface area contributed by atoms with E-state index in [4.69, 9.17) is 0 Å². The smallest absolute Gasteiger partial charge is 0.288 e. The van der Waals surface area contributed by atoms with Gasteiger partial charge >= 0.3 is 0 Å². The first-order valence-corrected chi connectivity index (χ1v) is 5.53. The van der Waals surface area contributed by atoms with Crippen LogP contribution in [0.5, 0.6) is 0 Å². The van der Waals surface area contributed by atoms with E-state index in [0.29, 0.717) is 5.69 Å². The molecule has 94 valence electrons. The maximum atomic E-state index is 12.7. The molecule has 0 atom stereocenters. The van der Waals surface area contributed by atoms with Crippen LogP contribution in [0.3, 0.4) is 0 Å². The highest BCUT2D eigenvalue weighted by atomic mass is 19.1. The second kappa shape index (κ2) is 4.60. The van der Waals surface area contributed by atoms with Crippen LogP contribution < -0.4 is 5.56 Å². The van der Waals surface area contributed by atoms with Gasteiger partial charge in [0.15, 0.2) is 5.69 Å². The summed E-state index contributed by atoms with van der Waals surface area (Å²) in [6.07, 6.45) is 1.56. The summed E-state index contributed by atoms with van der Waals surface area (Å²) in [6.45, 7) is 1.83. The molecule has 1 heterocycles. The third kappa shape index (κ3) is 2.11. The standard InChI is InChI=1S/C13H14FN3O/c1-9-12(13(18)17(3)16(9)2)15-8-10-4-6-11(14)7-5-10/h4-8H,1-3H3. The van der Waals surface area contributed by atoms with Crippen LogP contribution in [0.4, 0.5) is 10.1 Å². The minimum Gasteiger partial charge on any atom is -0.288 e. The minimum atomic E-state index is -0.293. The zero-order valence-electron chi connectivity index (χ0n) is 10.5. The predicted octanol–water partition coefficient (Wildman–Crippen LogP) is 1.92. The van der Waals surface area contributed by atoms with Gasteiger partial charge in [0.2, 0.25) is 0 Å². The molecule has 2 aromatic rings. The van der Waals surface area contributed by atoms with E-state index in [1.807, 2.05) is 6.92 Å². The minimum absolute atomic E-state index is 0.145. The van der Waals surface area contributed by atoms with Crippen LogP contribution in [0.2, 0.25) is 0 Å². The highest BCUT2D eigenvalue weighted by Crippen LogP contribution is 2.12. The third-order valence-corrected chi connectivity index (χ3v) is 2.99. The fourth-order valence-corrected chi connectivity index (χ4v) is 1.66. The summed E-state index contributed by atoms with van der Waals surface area (Å²) in [6, 6.07) is 5.94. The second-order valence-electron chi connectivity index (χ2n) is 4.10. The van der Waals surface area contributed by atoms with Gasteiger partial charge in [-0.25, -0.2) is 9.38 Å². The van der Waals surface area contributed by atoms with Crippen LogP contribution >= 0.6 is 0 Å². The number of rotatable bonds is 2. The molecule has 0 saturated heterocycles. The largest absolute Gasteiger partial charge is 0.292 e. The van der Waals surface area contributed by atoms with Crippen molar-refractivity contribution in [1.82, 2.24) is 9.36 Å². The summed E-state index contributed by atoms with van der Waals surface area (Å²) >= 11 is 0. The van der Waals surface area contributed by atoms with E-state index >= 15 is 0 Å².